The fraction of sp³-hybridized carbons (Fsp3) is 0.300. The third kappa shape index (κ3) is 5.94. The van der Waals surface area contributed by atoms with Crippen molar-refractivity contribution in [2.24, 2.45) is 0 Å². The Morgan fingerprint density at radius 1 is 1.04 bits per heavy atom. The maximum Gasteiger partial charge on any atom is 0.285 e. The number of ketones is 1. The van der Waals surface area contributed by atoms with Gasteiger partial charge in [0, 0.05) is 40.0 Å². The topological polar surface area (TPSA) is 40.6 Å². The lowest BCUT2D eigenvalue weighted by Crippen LogP contribution is -2.48. The van der Waals surface area contributed by atoms with Crippen molar-refractivity contribution >= 4 is 63.6 Å². The summed E-state index contributed by atoms with van der Waals surface area (Å²) >= 11 is 15.9. The number of benzene rings is 2. The van der Waals surface area contributed by atoms with Crippen LogP contribution in [0.5, 0.6) is 0 Å². The number of carbonyl (C=O) groups is 2. The van der Waals surface area contributed by atoms with Gasteiger partial charge in [0.25, 0.3) is 5.91 Å². The van der Waals surface area contributed by atoms with Gasteiger partial charge in [-0.15, -0.1) is 16.9 Å². The van der Waals surface area contributed by atoms with Crippen LogP contribution in [0.4, 0.5) is 0 Å². The minimum absolute atomic E-state index is 0. The Kier molecular flexibility index (Phi) is 9.44. The Labute approximate surface area is 190 Å². The van der Waals surface area contributed by atoms with E-state index in [0.29, 0.717) is 15.6 Å². The van der Waals surface area contributed by atoms with Gasteiger partial charge in [-0.1, -0.05) is 43.3 Å². The molecule has 2 aromatic rings. The van der Waals surface area contributed by atoms with Gasteiger partial charge in [0.1, 0.15) is 0 Å². The summed E-state index contributed by atoms with van der Waals surface area (Å²) in [6, 6.07) is 14.4. The second kappa shape index (κ2) is 10.6. The van der Waals surface area contributed by atoms with E-state index < -0.39 is 11.4 Å². The quantitative estimate of drug-likeness (QED) is 0.245. The summed E-state index contributed by atoms with van der Waals surface area (Å²) in [7, 11) is 0. The van der Waals surface area contributed by atoms with Crippen LogP contribution in [-0.2, 0) is 6.42 Å². The maximum atomic E-state index is 12.6. The molecule has 0 unspecified atom stereocenters. The fourth-order valence-corrected chi connectivity index (χ4v) is 3.42. The third-order valence-corrected chi connectivity index (χ3v) is 5.89. The molecule has 0 spiro atoms. The lowest BCUT2D eigenvalue weighted by atomic mass is 9.94. The minimum atomic E-state index is -0.888. The van der Waals surface area contributed by atoms with E-state index in [1.807, 2.05) is 12.1 Å². The largest absolute Gasteiger partial charge is 0.294 e. The van der Waals surface area contributed by atoms with Crippen LogP contribution < -0.4 is 0 Å². The molecule has 0 aliphatic rings. The van der Waals surface area contributed by atoms with E-state index in [0.717, 1.165) is 21.0 Å². The zero-order valence-corrected chi connectivity index (χ0v) is 19.7. The van der Waals surface area contributed by atoms with Gasteiger partial charge in [-0.05, 0) is 53.9 Å². The predicted molar refractivity (Wildman–Crippen MR) is 120 cm³/mol. The molecule has 0 N–H and O–H groups in total. The highest BCUT2D eigenvalue weighted by molar-refractivity contribution is 9.10. The number of rotatable bonds is 7. The molecular formula is C20H22BrCl3N2O2. The molecule has 2 aromatic carbocycles. The molecular weight excluding hydrogens is 486 g/mol. The van der Waals surface area contributed by atoms with Crippen molar-refractivity contribution in [3.8, 4) is 0 Å². The van der Waals surface area contributed by atoms with E-state index in [1.165, 1.54) is 0 Å². The molecule has 0 bridgehead atoms. The van der Waals surface area contributed by atoms with Crippen LogP contribution in [0.3, 0.4) is 0 Å². The van der Waals surface area contributed by atoms with Crippen molar-refractivity contribution < 1.29 is 9.59 Å². The van der Waals surface area contributed by atoms with Crippen molar-refractivity contribution in [1.29, 1.82) is 0 Å². The van der Waals surface area contributed by atoms with Crippen molar-refractivity contribution in [3.05, 3.63) is 69.7 Å². The monoisotopic (exact) mass is 506 g/mol. The average Bonchev–Trinajstić information content (AvgIpc) is 2.66. The fourth-order valence-electron chi connectivity index (χ4n) is 2.54. The summed E-state index contributed by atoms with van der Waals surface area (Å²) in [6.45, 7) is 5.56. The number of Topliss-reactive ketones (excluding diaryl/α,β-unsaturated/α-hetero) is 1. The molecule has 8 heteroatoms. The molecule has 1 amide bonds. The Morgan fingerprint density at radius 2 is 1.61 bits per heavy atom. The second-order valence-electron chi connectivity index (χ2n) is 6.77. The van der Waals surface area contributed by atoms with Crippen LogP contribution in [0.15, 0.2) is 53.0 Å². The predicted octanol–water partition coefficient (Wildman–Crippen LogP) is 6.45. The van der Waals surface area contributed by atoms with E-state index in [2.05, 4.69) is 22.9 Å². The second-order valence-corrected chi connectivity index (χ2v) is 8.26. The van der Waals surface area contributed by atoms with E-state index >= 15 is 0 Å². The van der Waals surface area contributed by atoms with Crippen LogP contribution in [0, 0.1) is 0 Å². The Morgan fingerprint density at radius 3 is 2.14 bits per heavy atom. The molecule has 0 saturated heterocycles. The van der Waals surface area contributed by atoms with Gasteiger partial charge in [0.2, 0.25) is 0 Å². The highest BCUT2D eigenvalue weighted by Crippen LogP contribution is 2.29. The van der Waals surface area contributed by atoms with Gasteiger partial charge >= 0.3 is 0 Å². The Bertz CT molecular complexity index is 828. The van der Waals surface area contributed by atoms with Crippen LogP contribution >= 0.6 is 51.9 Å². The molecule has 152 valence electrons. The summed E-state index contributed by atoms with van der Waals surface area (Å²) in [5.74, 6) is -0.571. The first-order chi connectivity index (χ1) is 12.7. The minimum Gasteiger partial charge on any atom is -0.294 e. The van der Waals surface area contributed by atoms with E-state index in [1.54, 1.807) is 50.2 Å². The zero-order valence-electron chi connectivity index (χ0n) is 15.8. The number of hydrogen-bond acceptors (Lipinski definition) is 3. The molecule has 0 atom stereocenters. The van der Waals surface area contributed by atoms with Crippen LogP contribution in [0.1, 0.15) is 53.5 Å². The molecule has 2 rings (SSSR count). The number of amides is 1. The number of carbonyl (C=O) groups excluding carboxylic acids is 2. The number of aryl methyl sites for hydroxylation is 1. The number of hydrogen-bond donors (Lipinski definition) is 0. The first-order valence-electron chi connectivity index (χ1n) is 8.50. The maximum absolute atomic E-state index is 12.6. The van der Waals surface area contributed by atoms with E-state index in [4.69, 9.17) is 23.6 Å². The third-order valence-electron chi connectivity index (χ3n) is 4.20. The molecule has 0 heterocycles. The highest BCUT2D eigenvalue weighted by atomic mass is 79.9. The van der Waals surface area contributed by atoms with Gasteiger partial charge in [0.05, 0.1) is 11.1 Å². The van der Waals surface area contributed by atoms with Crippen LogP contribution in [0.25, 0.3) is 0 Å². The molecule has 4 nitrogen and oxygen atoms in total. The Hall–Kier alpha value is -1.11. The summed E-state index contributed by atoms with van der Waals surface area (Å²) in [4.78, 5) is 25.3. The SMILES string of the molecule is CCc1ccc(C(=O)CC(C)(C)N(Cl)N(Cl)C(=O)c2ccccc2Br)cc1.Cl. The number of nitrogens with zero attached hydrogens (tertiary/aromatic N) is 2. The highest BCUT2D eigenvalue weighted by Gasteiger charge is 2.36. The summed E-state index contributed by atoms with van der Waals surface area (Å²) in [5.41, 5.74) is 1.25. The first kappa shape index (κ1) is 24.9. The first-order valence-corrected chi connectivity index (χ1v) is 9.97. The van der Waals surface area contributed by atoms with Gasteiger partial charge in [-0.2, -0.15) is 4.53 Å². The molecule has 0 aliphatic carbocycles. The molecule has 0 aromatic heterocycles. The molecule has 0 fully saturated rings. The lowest BCUT2D eigenvalue weighted by Gasteiger charge is -2.36. The van der Waals surface area contributed by atoms with Crippen molar-refractivity contribution in [3.63, 3.8) is 0 Å². The number of halogens is 4. The Balaban J connectivity index is 0.00000392. The van der Waals surface area contributed by atoms with Crippen molar-refractivity contribution in [2.45, 2.75) is 39.2 Å². The summed E-state index contributed by atoms with van der Waals surface area (Å²) in [5, 5.41) is 0. The van der Waals surface area contributed by atoms with Gasteiger partial charge < -0.3 is 0 Å². The van der Waals surface area contributed by atoms with Crippen LogP contribution in [-0.4, -0.2) is 26.3 Å². The molecule has 0 radical (unpaired) electrons. The molecule has 0 saturated carbocycles. The average molecular weight is 509 g/mol. The summed E-state index contributed by atoms with van der Waals surface area (Å²) < 4.78 is 2.47. The molecule has 28 heavy (non-hydrogen) atoms. The lowest BCUT2D eigenvalue weighted by molar-refractivity contribution is 0.0373. The van der Waals surface area contributed by atoms with Crippen LogP contribution in [0.2, 0.25) is 0 Å². The van der Waals surface area contributed by atoms with Crippen molar-refractivity contribution in [2.75, 3.05) is 0 Å². The van der Waals surface area contributed by atoms with E-state index in [-0.39, 0.29) is 24.6 Å². The van der Waals surface area contributed by atoms with Crippen molar-refractivity contribution in [1.82, 2.24) is 9.06 Å². The normalized spacial score (nSPS) is 11.1. The zero-order chi connectivity index (χ0) is 20.2. The van der Waals surface area contributed by atoms with Gasteiger partial charge in [-0.3, -0.25) is 9.59 Å². The summed E-state index contributed by atoms with van der Waals surface area (Å²) in [6.07, 6.45) is 1.00. The van der Waals surface area contributed by atoms with E-state index in [9.17, 15) is 9.59 Å². The van der Waals surface area contributed by atoms with Gasteiger partial charge in [-0.25, -0.2) is 0 Å². The number of hydrazine groups is 1. The van der Waals surface area contributed by atoms with Gasteiger partial charge in [0.15, 0.2) is 5.78 Å². The molecule has 0 aliphatic heterocycles. The smallest absolute Gasteiger partial charge is 0.285 e. The standard InChI is InChI=1S/C20H21BrCl2N2O2.ClH/c1-4-14-9-11-15(12-10-14)18(26)13-20(2,3)25(23)24(22)19(27)16-7-5-6-8-17(16)21;/h5-12H,4,13H2,1-3H3;1H.